The van der Waals surface area contributed by atoms with E-state index in [0.717, 1.165) is 24.8 Å². The lowest BCUT2D eigenvalue weighted by molar-refractivity contribution is 0.510. The first-order chi connectivity index (χ1) is 7.06. The average Bonchev–Trinajstić information content (AvgIpc) is 2.16. The molecule has 0 spiro atoms. The normalized spacial score (nSPS) is 21.0. The van der Waals surface area contributed by atoms with Gasteiger partial charge in [0.2, 0.25) is 10.0 Å². The number of fused-ring (bicyclic) bond motifs is 1. The van der Waals surface area contributed by atoms with Crippen molar-refractivity contribution in [1.82, 2.24) is 4.72 Å². The summed E-state index contributed by atoms with van der Waals surface area (Å²) in [4.78, 5) is 0. The first-order valence-corrected chi connectivity index (χ1v) is 7.00. The lowest BCUT2D eigenvalue weighted by atomic mass is 9.88. The zero-order valence-corrected chi connectivity index (χ0v) is 9.55. The zero-order chi connectivity index (χ0) is 10.9. The summed E-state index contributed by atoms with van der Waals surface area (Å²) in [5.74, 6) is 0. The average molecular weight is 225 g/mol. The summed E-state index contributed by atoms with van der Waals surface area (Å²) in [6.45, 7) is 0. The van der Waals surface area contributed by atoms with E-state index in [1.165, 1.54) is 11.8 Å². The van der Waals surface area contributed by atoms with Crippen LogP contribution in [0.3, 0.4) is 0 Å². The molecule has 0 bridgehead atoms. The van der Waals surface area contributed by atoms with Gasteiger partial charge in [0.25, 0.3) is 0 Å². The molecule has 0 amide bonds. The summed E-state index contributed by atoms with van der Waals surface area (Å²) in [5.41, 5.74) is 2.40. The third-order valence-electron chi connectivity index (χ3n) is 2.73. The Morgan fingerprint density at radius 3 is 2.80 bits per heavy atom. The molecule has 82 valence electrons. The van der Waals surface area contributed by atoms with Crippen molar-refractivity contribution in [3.63, 3.8) is 0 Å². The predicted molar refractivity (Wildman–Crippen MR) is 60.1 cm³/mol. The number of hydrogen-bond acceptors (Lipinski definition) is 2. The number of benzene rings is 1. The minimum absolute atomic E-state index is 0.0371. The molecule has 2 rings (SSSR count). The molecule has 15 heavy (non-hydrogen) atoms. The Labute approximate surface area is 90.6 Å². The standard InChI is InChI=1S/C11H15NO2S/c1-15(13,14)12-11-8-4-6-9-5-2-3-7-10(9)11/h2-3,5,7,11-12H,4,6,8H2,1H3. The molecule has 1 unspecified atom stereocenters. The number of hydrogen-bond donors (Lipinski definition) is 1. The Hall–Kier alpha value is -0.870. The van der Waals surface area contributed by atoms with E-state index >= 15 is 0 Å². The molecule has 1 N–H and O–H groups in total. The molecule has 0 heterocycles. The van der Waals surface area contributed by atoms with E-state index in [4.69, 9.17) is 0 Å². The van der Waals surface area contributed by atoms with Crippen LogP contribution in [0, 0.1) is 0 Å². The number of rotatable bonds is 2. The fraction of sp³-hybridized carbons (Fsp3) is 0.455. The minimum atomic E-state index is -3.12. The molecular weight excluding hydrogens is 210 g/mol. The number of sulfonamides is 1. The minimum Gasteiger partial charge on any atom is -0.213 e. The van der Waals surface area contributed by atoms with Crippen LogP contribution < -0.4 is 4.72 Å². The van der Waals surface area contributed by atoms with Crippen molar-refractivity contribution < 1.29 is 8.42 Å². The Balaban J connectivity index is 2.30. The fourth-order valence-electron chi connectivity index (χ4n) is 2.13. The van der Waals surface area contributed by atoms with Crippen LogP contribution in [-0.4, -0.2) is 14.7 Å². The largest absolute Gasteiger partial charge is 0.213 e. The van der Waals surface area contributed by atoms with Crippen molar-refractivity contribution in [1.29, 1.82) is 0 Å². The van der Waals surface area contributed by atoms with E-state index in [1.807, 2.05) is 18.2 Å². The molecule has 4 heteroatoms. The Bertz CT molecular complexity index is 453. The van der Waals surface area contributed by atoms with Crippen molar-refractivity contribution in [2.24, 2.45) is 0 Å². The van der Waals surface area contributed by atoms with Crippen molar-refractivity contribution in [3.8, 4) is 0 Å². The topological polar surface area (TPSA) is 46.2 Å². The summed E-state index contributed by atoms with van der Waals surface area (Å²) in [5, 5.41) is 0. The van der Waals surface area contributed by atoms with Gasteiger partial charge in [-0.15, -0.1) is 0 Å². The van der Waals surface area contributed by atoms with Crippen LogP contribution in [0.25, 0.3) is 0 Å². The molecule has 1 aliphatic carbocycles. The highest BCUT2D eigenvalue weighted by atomic mass is 32.2. The Kier molecular flexibility index (Phi) is 2.80. The summed E-state index contributed by atoms with van der Waals surface area (Å²) in [6, 6.07) is 8.01. The first kappa shape index (κ1) is 10.6. The summed E-state index contributed by atoms with van der Waals surface area (Å²) in [6.07, 6.45) is 4.20. The van der Waals surface area contributed by atoms with Gasteiger partial charge in [-0.25, -0.2) is 13.1 Å². The molecule has 0 saturated heterocycles. The van der Waals surface area contributed by atoms with Crippen molar-refractivity contribution in [2.75, 3.05) is 6.26 Å². The van der Waals surface area contributed by atoms with Crippen molar-refractivity contribution in [2.45, 2.75) is 25.3 Å². The third kappa shape index (κ3) is 2.58. The van der Waals surface area contributed by atoms with Gasteiger partial charge in [0.05, 0.1) is 6.26 Å². The molecule has 0 fully saturated rings. The van der Waals surface area contributed by atoms with Gasteiger partial charge in [-0.1, -0.05) is 24.3 Å². The third-order valence-corrected chi connectivity index (χ3v) is 3.44. The van der Waals surface area contributed by atoms with Gasteiger partial charge in [-0.05, 0) is 30.4 Å². The van der Waals surface area contributed by atoms with Crippen LogP contribution in [0.4, 0.5) is 0 Å². The predicted octanol–water partition coefficient (Wildman–Crippen LogP) is 1.61. The fourth-order valence-corrected chi connectivity index (χ4v) is 2.90. The SMILES string of the molecule is CS(=O)(=O)NC1CCCc2ccccc21. The van der Waals surface area contributed by atoms with Gasteiger partial charge in [0.1, 0.15) is 0 Å². The highest BCUT2D eigenvalue weighted by molar-refractivity contribution is 7.88. The van der Waals surface area contributed by atoms with E-state index in [1.54, 1.807) is 0 Å². The quantitative estimate of drug-likeness (QED) is 0.831. The molecule has 0 radical (unpaired) electrons. The second-order valence-corrected chi connectivity index (χ2v) is 5.81. The van der Waals surface area contributed by atoms with E-state index < -0.39 is 10.0 Å². The molecule has 3 nitrogen and oxygen atoms in total. The monoisotopic (exact) mass is 225 g/mol. The molecule has 1 atom stereocenters. The molecule has 0 saturated carbocycles. The van der Waals surface area contributed by atoms with E-state index in [0.29, 0.717) is 0 Å². The second kappa shape index (κ2) is 3.94. The highest BCUT2D eigenvalue weighted by Gasteiger charge is 2.21. The smallest absolute Gasteiger partial charge is 0.209 e. The molecule has 0 aliphatic heterocycles. The van der Waals surface area contributed by atoms with E-state index in [2.05, 4.69) is 10.8 Å². The van der Waals surface area contributed by atoms with Gasteiger partial charge >= 0.3 is 0 Å². The van der Waals surface area contributed by atoms with E-state index in [-0.39, 0.29) is 6.04 Å². The summed E-state index contributed by atoms with van der Waals surface area (Å²) >= 11 is 0. The van der Waals surface area contributed by atoms with Crippen LogP contribution >= 0.6 is 0 Å². The van der Waals surface area contributed by atoms with Crippen LogP contribution in [0.1, 0.15) is 30.0 Å². The second-order valence-electron chi connectivity index (χ2n) is 4.03. The number of nitrogens with one attached hydrogen (secondary N) is 1. The molecule has 1 aromatic rings. The molecular formula is C11H15NO2S. The highest BCUT2D eigenvalue weighted by Crippen LogP contribution is 2.29. The molecule has 1 aliphatic rings. The maximum absolute atomic E-state index is 11.2. The van der Waals surface area contributed by atoms with Crippen LogP contribution in [0.15, 0.2) is 24.3 Å². The Morgan fingerprint density at radius 1 is 1.33 bits per heavy atom. The maximum atomic E-state index is 11.2. The van der Waals surface area contributed by atoms with Crippen LogP contribution in [-0.2, 0) is 16.4 Å². The van der Waals surface area contributed by atoms with Gasteiger partial charge in [0.15, 0.2) is 0 Å². The lowest BCUT2D eigenvalue weighted by Crippen LogP contribution is -2.29. The zero-order valence-electron chi connectivity index (χ0n) is 8.73. The van der Waals surface area contributed by atoms with Gasteiger partial charge in [0, 0.05) is 6.04 Å². The molecule has 0 aromatic heterocycles. The van der Waals surface area contributed by atoms with Crippen molar-refractivity contribution in [3.05, 3.63) is 35.4 Å². The van der Waals surface area contributed by atoms with Crippen LogP contribution in [0.5, 0.6) is 0 Å². The van der Waals surface area contributed by atoms with Gasteiger partial charge < -0.3 is 0 Å². The van der Waals surface area contributed by atoms with E-state index in [9.17, 15) is 8.42 Å². The van der Waals surface area contributed by atoms with Crippen molar-refractivity contribution >= 4 is 10.0 Å². The van der Waals surface area contributed by atoms with Gasteiger partial charge in [-0.3, -0.25) is 0 Å². The first-order valence-electron chi connectivity index (χ1n) is 5.11. The van der Waals surface area contributed by atoms with Crippen LogP contribution in [0.2, 0.25) is 0 Å². The maximum Gasteiger partial charge on any atom is 0.209 e. The lowest BCUT2D eigenvalue weighted by Gasteiger charge is -2.25. The summed E-state index contributed by atoms with van der Waals surface area (Å²) in [7, 11) is -3.12. The molecule has 1 aromatic carbocycles. The summed E-state index contributed by atoms with van der Waals surface area (Å²) < 4.78 is 25.1. The Morgan fingerprint density at radius 2 is 2.07 bits per heavy atom. The number of aryl methyl sites for hydroxylation is 1. The van der Waals surface area contributed by atoms with Gasteiger partial charge in [-0.2, -0.15) is 0 Å².